The van der Waals surface area contributed by atoms with Gasteiger partial charge in [0.05, 0.1) is 5.69 Å². The normalized spacial score (nSPS) is 11.3. The molecular formula is C13H13BrN2O2S. The lowest BCUT2D eigenvalue weighted by Crippen LogP contribution is -2.14. The monoisotopic (exact) mass is 340 g/mol. The second-order valence-corrected chi connectivity index (χ2v) is 6.62. The summed E-state index contributed by atoms with van der Waals surface area (Å²) in [5.74, 6) is 0. The zero-order valence-electron chi connectivity index (χ0n) is 10.2. The smallest absolute Gasteiger partial charge is 0.263 e. The van der Waals surface area contributed by atoms with Crippen LogP contribution in [0.15, 0.2) is 51.8 Å². The van der Waals surface area contributed by atoms with Crippen LogP contribution in [0.25, 0.3) is 0 Å². The number of benzene rings is 2. The third-order valence-corrected chi connectivity index (χ3v) is 5.01. The van der Waals surface area contributed by atoms with Gasteiger partial charge >= 0.3 is 0 Å². The number of rotatable bonds is 3. The Bertz CT molecular complexity index is 714. The first kappa shape index (κ1) is 13.9. The lowest BCUT2D eigenvalue weighted by molar-refractivity contribution is 0.600. The number of nitrogens with one attached hydrogen (secondary N) is 1. The van der Waals surface area contributed by atoms with Crippen molar-refractivity contribution in [1.29, 1.82) is 0 Å². The van der Waals surface area contributed by atoms with E-state index in [2.05, 4.69) is 20.7 Å². The second-order valence-electron chi connectivity index (χ2n) is 4.11. The number of nitrogens with two attached hydrogens (primary N) is 1. The van der Waals surface area contributed by atoms with Crippen molar-refractivity contribution in [2.75, 3.05) is 10.5 Å². The van der Waals surface area contributed by atoms with Crippen molar-refractivity contribution in [2.45, 2.75) is 11.8 Å². The Kier molecular flexibility index (Phi) is 3.82. The van der Waals surface area contributed by atoms with E-state index in [-0.39, 0.29) is 4.90 Å². The van der Waals surface area contributed by atoms with Crippen molar-refractivity contribution in [1.82, 2.24) is 0 Å². The molecule has 0 atom stereocenters. The van der Waals surface area contributed by atoms with Crippen LogP contribution in [0, 0.1) is 6.92 Å². The van der Waals surface area contributed by atoms with Gasteiger partial charge in [0, 0.05) is 10.2 Å². The number of halogens is 1. The van der Waals surface area contributed by atoms with Gasteiger partial charge in [-0.3, -0.25) is 4.72 Å². The Labute approximate surface area is 120 Å². The summed E-state index contributed by atoms with van der Waals surface area (Å²) in [4.78, 5) is 0.192. The average molecular weight is 341 g/mol. The molecule has 0 heterocycles. The highest BCUT2D eigenvalue weighted by Crippen LogP contribution is 2.26. The molecule has 0 bridgehead atoms. The van der Waals surface area contributed by atoms with Crippen LogP contribution in [0.1, 0.15) is 5.56 Å². The Balaban J connectivity index is 2.43. The van der Waals surface area contributed by atoms with Gasteiger partial charge in [0.2, 0.25) is 0 Å². The fourth-order valence-corrected chi connectivity index (χ4v) is 3.74. The minimum atomic E-state index is -3.64. The summed E-state index contributed by atoms with van der Waals surface area (Å²) in [6.45, 7) is 1.82. The molecule has 0 amide bonds. The summed E-state index contributed by atoms with van der Waals surface area (Å²) in [5.41, 5.74) is 7.47. The predicted molar refractivity (Wildman–Crippen MR) is 80.5 cm³/mol. The standard InChI is InChI=1S/C13H13BrN2O2S/c1-9-6-7-10(15)8-12(9)16-19(17,18)13-5-3-2-4-11(13)14/h2-8,16H,15H2,1H3. The van der Waals surface area contributed by atoms with Crippen molar-refractivity contribution < 1.29 is 8.42 Å². The van der Waals surface area contributed by atoms with Crippen LogP contribution >= 0.6 is 15.9 Å². The lowest BCUT2D eigenvalue weighted by atomic mass is 10.2. The Hall–Kier alpha value is -1.53. The van der Waals surface area contributed by atoms with Gasteiger partial charge in [-0.15, -0.1) is 0 Å². The van der Waals surface area contributed by atoms with Crippen LogP contribution in [-0.4, -0.2) is 8.42 Å². The summed E-state index contributed by atoms with van der Waals surface area (Å²) in [6, 6.07) is 11.7. The van der Waals surface area contributed by atoms with Crippen molar-refractivity contribution >= 4 is 37.3 Å². The van der Waals surface area contributed by atoms with Gasteiger partial charge in [0.25, 0.3) is 10.0 Å². The van der Waals surface area contributed by atoms with Gasteiger partial charge in [-0.1, -0.05) is 18.2 Å². The zero-order chi connectivity index (χ0) is 14.0. The molecule has 0 aliphatic carbocycles. The molecule has 3 N–H and O–H groups in total. The molecule has 0 radical (unpaired) electrons. The molecular weight excluding hydrogens is 328 g/mol. The van der Waals surface area contributed by atoms with E-state index >= 15 is 0 Å². The van der Waals surface area contributed by atoms with Gasteiger partial charge in [-0.05, 0) is 52.7 Å². The maximum absolute atomic E-state index is 12.3. The molecule has 0 saturated heterocycles. The third-order valence-electron chi connectivity index (χ3n) is 2.63. The molecule has 4 nitrogen and oxygen atoms in total. The predicted octanol–water partition coefficient (Wildman–Crippen LogP) is 3.14. The van der Waals surface area contributed by atoms with Crippen molar-refractivity contribution in [2.24, 2.45) is 0 Å². The van der Waals surface area contributed by atoms with E-state index in [1.165, 1.54) is 6.07 Å². The van der Waals surface area contributed by atoms with Crippen LogP contribution in [0.5, 0.6) is 0 Å². The second kappa shape index (κ2) is 5.22. The molecule has 2 rings (SSSR count). The zero-order valence-corrected chi connectivity index (χ0v) is 12.6. The van der Waals surface area contributed by atoms with E-state index in [9.17, 15) is 8.42 Å². The Morgan fingerprint density at radius 1 is 1.16 bits per heavy atom. The molecule has 2 aromatic rings. The number of hydrogen-bond acceptors (Lipinski definition) is 3. The highest BCUT2D eigenvalue weighted by Gasteiger charge is 2.17. The quantitative estimate of drug-likeness (QED) is 0.843. The topological polar surface area (TPSA) is 72.2 Å². The van der Waals surface area contributed by atoms with Gasteiger partial charge in [0.15, 0.2) is 0 Å². The molecule has 0 fully saturated rings. The van der Waals surface area contributed by atoms with Crippen molar-refractivity contribution in [3.8, 4) is 0 Å². The first-order valence-corrected chi connectivity index (χ1v) is 7.81. The molecule has 0 aliphatic heterocycles. The van der Waals surface area contributed by atoms with Gasteiger partial charge in [-0.2, -0.15) is 0 Å². The van der Waals surface area contributed by atoms with E-state index in [0.717, 1.165) is 5.56 Å². The van der Waals surface area contributed by atoms with Crippen molar-refractivity contribution in [3.05, 3.63) is 52.5 Å². The SMILES string of the molecule is Cc1ccc(N)cc1NS(=O)(=O)c1ccccc1Br. The van der Waals surface area contributed by atoms with Crippen molar-refractivity contribution in [3.63, 3.8) is 0 Å². The first-order valence-electron chi connectivity index (χ1n) is 5.53. The molecule has 0 spiro atoms. The molecule has 0 aromatic heterocycles. The first-order chi connectivity index (χ1) is 8.90. The van der Waals surface area contributed by atoms with E-state index in [4.69, 9.17) is 5.73 Å². The summed E-state index contributed by atoms with van der Waals surface area (Å²) in [7, 11) is -3.64. The Morgan fingerprint density at radius 3 is 2.53 bits per heavy atom. The average Bonchev–Trinajstić information content (AvgIpc) is 2.34. The van der Waals surface area contributed by atoms with E-state index < -0.39 is 10.0 Å². The van der Waals surface area contributed by atoms with E-state index in [0.29, 0.717) is 15.8 Å². The molecule has 0 saturated carbocycles. The van der Waals surface area contributed by atoms with Gasteiger partial charge < -0.3 is 5.73 Å². The highest BCUT2D eigenvalue weighted by atomic mass is 79.9. The maximum Gasteiger partial charge on any atom is 0.263 e. The molecule has 19 heavy (non-hydrogen) atoms. The fourth-order valence-electron chi connectivity index (χ4n) is 1.61. The van der Waals surface area contributed by atoms with Gasteiger partial charge in [-0.25, -0.2) is 8.42 Å². The number of nitrogen functional groups attached to an aromatic ring is 1. The Morgan fingerprint density at radius 2 is 1.84 bits per heavy atom. The minimum Gasteiger partial charge on any atom is -0.399 e. The van der Waals surface area contributed by atoms with Crippen LogP contribution in [-0.2, 0) is 10.0 Å². The van der Waals surface area contributed by atoms with E-state index in [1.54, 1.807) is 36.4 Å². The van der Waals surface area contributed by atoms with Crippen LogP contribution in [0.3, 0.4) is 0 Å². The molecule has 0 aliphatic rings. The number of sulfonamides is 1. The van der Waals surface area contributed by atoms with Crippen LogP contribution < -0.4 is 10.5 Å². The van der Waals surface area contributed by atoms with E-state index in [1.807, 2.05) is 6.92 Å². The van der Waals surface area contributed by atoms with Crippen LogP contribution in [0.2, 0.25) is 0 Å². The van der Waals surface area contributed by atoms with Gasteiger partial charge in [0.1, 0.15) is 4.90 Å². The third kappa shape index (κ3) is 3.08. The number of anilines is 2. The maximum atomic E-state index is 12.3. The van der Waals surface area contributed by atoms with Crippen LogP contribution in [0.4, 0.5) is 11.4 Å². The number of hydrogen-bond donors (Lipinski definition) is 2. The summed E-state index contributed by atoms with van der Waals surface area (Å²) in [6.07, 6.45) is 0. The summed E-state index contributed by atoms with van der Waals surface area (Å²) in [5, 5.41) is 0. The molecule has 100 valence electrons. The molecule has 6 heteroatoms. The summed E-state index contributed by atoms with van der Waals surface area (Å²) >= 11 is 3.23. The largest absolute Gasteiger partial charge is 0.399 e. The molecule has 0 unspecified atom stereocenters. The minimum absolute atomic E-state index is 0.192. The lowest BCUT2D eigenvalue weighted by Gasteiger charge is -2.12. The fraction of sp³-hybridized carbons (Fsp3) is 0.0769. The summed E-state index contributed by atoms with van der Waals surface area (Å²) < 4.78 is 27.7. The number of aryl methyl sites for hydroxylation is 1. The molecule has 2 aromatic carbocycles. The highest BCUT2D eigenvalue weighted by molar-refractivity contribution is 9.10.